The summed E-state index contributed by atoms with van der Waals surface area (Å²) < 4.78 is 6.20. The van der Waals surface area contributed by atoms with Gasteiger partial charge in [-0.2, -0.15) is 0 Å². The number of quaternary nitrogens is 1. The van der Waals surface area contributed by atoms with E-state index in [0.717, 1.165) is 36.5 Å². The van der Waals surface area contributed by atoms with Crippen LogP contribution < -0.4 is 32.3 Å². The molecule has 8 heteroatoms. The molecule has 0 aliphatic carbocycles. The second-order valence-electron chi connectivity index (χ2n) is 7.33. The summed E-state index contributed by atoms with van der Waals surface area (Å²) in [6.07, 6.45) is 1.14. The number of rotatable bonds is 4. The first kappa shape index (κ1) is 23.1. The van der Waals surface area contributed by atoms with Gasteiger partial charge < -0.3 is 22.0 Å². The van der Waals surface area contributed by atoms with Gasteiger partial charge in [0, 0.05) is 16.2 Å². The van der Waals surface area contributed by atoms with Crippen molar-refractivity contribution in [1.82, 2.24) is 4.98 Å². The highest BCUT2D eigenvalue weighted by atomic mass is 79.9. The summed E-state index contributed by atoms with van der Waals surface area (Å²) >= 11 is 3.35. The minimum absolute atomic E-state index is 0. The van der Waals surface area contributed by atoms with Crippen molar-refractivity contribution in [2.75, 3.05) is 36.4 Å². The van der Waals surface area contributed by atoms with E-state index in [-0.39, 0.29) is 12.4 Å². The van der Waals surface area contributed by atoms with Crippen molar-refractivity contribution >= 4 is 39.2 Å². The molecular formula is C23H24BrClN4O2. The number of anilines is 2. The molecule has 0 atom stereocenters. The van der Waals surface area contributed by atoms with Crippen LogP contribution in [0.25, 0.3) is 0 Å². The lowest BCUT2D eigenvalue weighted by Crippen LogP contribution is -3.10. The molecule has 1 amide bonds. The summed E-state index contributed by atoms with van der Waals surface area (Å²) in [5.41, 5.74) is 3.18. The monoisotopic (exact) mass is 502 g/mol. The molecule has 1 saturated heterocycles. The van der Waals surface area contributed by atoms with Gasteiger partial charge in [-0.05, 0) is 55.0 Å². The Hall–Kier alpha value is -2.61. The van der Waals surface area contributed by atoms with Crippen LogP contribution in [0, 0.1) is 6.92 Å². The van der Waals surface area contributed by atoms with Gasteiger partial charge in [-0.1, -0.05) is 28.1 Å². The van der Waals surface area contributed by atoms with E-state index in [1.54, 1.807) is 18.3 Å². The summed E-state index contributed by atoms with van der Waals surface area (Å²) in [7, 11) is 0. The number of halogens is 2. The molecular weight excluding hydrogens is 480 g/mol. The van der Waals surface area contributed by atoms with Crippen molar-refractivity contribution < 1.29 is 26.8 Å². The van der Waals surface area contributed by atoms with Crippen LogP contribution in [0.3, 0.4) is 0 Å². The third kappa shape index (κ3) is 6.19. The number of amides is 1. The van der Waals surface area contributed by atoms with Gasteiger partial charge in [0.2, 0.25) is 5.82 Å². The Labute approximate surface area is 196 Å². The number of hydrogen-bond acceptors (Lipinski definition) is 4. The Bertz CT molecular complexity index is 1010. The molecule has 0 bridgehead atoms. The van der Waals surface area contributed by atoms with Gasteiger partial charge >= 0.3 is 6.09 Å². The topological polar surface area (TPSA) is 58.9 Å². The Balaban J connectivity index is 0.00000272. The van der Waals surface area contributed by atoms with Gasteiger partial charge in [0.25, 0.3) is 0 Å². The second kappa shape index (κ2) is 10.6. The largest absolute Gasteiger partial charge is 1.00 e. The molecule has 2 aromatic carbocycles. The summed E-state index contributed by atoms with van der Waals surface area (Å²) in [5.74, 6) is 1.47. The Morgan fingerprint density at radius 2 is 1.84 bits per heavy atom. The zero-order chi connectivity index (χ0) is 20.9. The van der Waals surface area contributed by atoms with Crippen molar-refractivity contribution in [2.24, 2.45) is 0 Å². The smallest absolute Gasteiger partial charge is 0.417 e. The van der Waals surface area contributed by atoms with Crippen LogP contribution in [0.5, 0.6) is 5.75 Å². The van der Waals surface area contributed by atoms with Crippen LogP contribution in [0.1, 0.15) is 5.56 Å². The summed E-state index contributed by atoms with van der Waals surface area (Å²) in [6, 6.07) is 19.6. The van der Waals surface area contributed by atoms with Crippen LogP contribution in [0.2, 0.25) is 0 Å². The number of piperazine rings is 1. The summed E-state index contributed by atoms with van der Waals surface area (Å²) in [5, 5.41) is 2.72. The number of aryl methyl sites for hydroxylation is 1. The van der Waals surface area contributed by atoms with Crippen molar-refractivity contribution in [3.05, 3.63) is 76.9 Å². The number of carbonyl (C=O) groups excluding carboxylic acids is 1. The number of hydrogen-bond donors (Lipinski definition) is 2. The number of nitrogens with zero attached hydrogens (tertiary/aromatic N) is 2. The van der Waals surface area contributed by atoms with Gasteiger partial charge in [0.1, 0.15) is 18.8 Å². The van der Waals surface area contributed by atoms with Crippen molar-refractivity contribution in [3.63, 3.8) is 0 Å². The van der Waals surface area contributed by atoms with E-state index in [1.807, 2.05) is 24.3 Å². The van der Waals surface area contributed by atoms with E-state index in [2.05, 4.69) is 62.3 Å². The van der Waals surface area contributed by atoms with Gasteiger partial charge in [-0.15, -0.1) is 0 Å². The van der Waals surface area contributed by atoms with Gasteiger partial charge in [0.15, 0.2) is 0 Å². The molecule has 2 heterocycles. The molecule has 0 unspecified atom stereocenters. The number of nitrogens with one attached hydrogen (secondary N) is 2. The van der Waals surface area contributed by atoms with Gasteiger partial charge in [-0.3, -0.25) is 10.2 Å². The predicted octanol–water partition coefficient (Wildman–Crippen LogP) is 0.804. The van der Waals surface area contributed by atoms with E-state index in [4.69, 9.17) is 4.74 Å². The molecule has 2 N–H and O–H groups in total. The van der Waals surface area contributed by atoms with Crippen LogP contribution >= 0.6 is 15.9 Å². The number of ether oxygens (including phenoxy) is 1. The molecule has 162 valence electrons. The fourth-order valence-electron chi connectivity index (χ4n) is 3.55. The lowest BCUT2D eigenvalue weighted by Gasteiger charge is -2.33. The highest BCUT2D eigenvalue weighted by molar-refractivity contribution is 9.10. The van der Waals surface area contributed by atoms with Crippen molar-refractivity contribution in [1.29, 1.82) is 0 Å². The SMILES string of the molecule is Cc1cccc(N2CC[NH+](c3ccc(NC(=O)Oc4ccc(Br)cc4)cn3)CC2)c1.[Cl-]. The fraction of sp³-hybridized carbons (Fsp3) is 0.217. The van der Waals surface area contributed by atoms with E-state index in [9.17, 15) is 4.79 Å². The standard InChI is InChI=1S/C23H23BrN4O2.ClH/c1-17-3-2-4-20(15-17)27-11-13-28(14-12-27)22-10-7-19(16-25-22)26-23(29)30-21-8-5-18(24)6-9-21;/h2-10,15-16H,11-14H2,1H3,(H,26,29);1H. The molecule has 31 heavy (non-hydrogen) atoms. The molecule has 1 fully saturated rings. The first-order chi connectivity index (χ1) is 14.6. The van der Waals surface area contributed by atoms with Crippen LogP contribution in [0.15, 0.2) is 71.3 Å². The van der Waals surface area contributed by atoms with E-state index >= 15 is 0 Å². The maximum Gasteiger partial charge on any atom is 0.417 e. The molecule has 6 nitrogen and oxygen atoms in total. The average molecular weight is 504 g/mol. The molecule has 1 aliphatic heterocycles. The summed E-state index contributed by atoms with van der Waals surface area (Å²) in [4.78, 5) is 20.4. The van der Waals surface area contributed by atoms with Crippen LogP contribution in [-0.2, 0) is 0 Å². The molecule has 0 spiro atoms. The zero-order valence-corrected chi connectivity index (χ0v) is 19.5. The minimum Gasteiger partial charge on any atom is -1.00 e. The first-order valence-electron chi connectivity index (χ1n) is 9.94. The quantitative estimate of drug-likeness (QED) is 0.553. The lowest BCUT2D eigenvalue weighted by atomic mass is 10.2. The van der Waals surface area contributed by atoms with Crippen LogP contribution in [-0.4, -0.2) is 37.3 Å². The molecule has 1 aliphatic rings. The normalized spacial score (nSPS) is 13.9. The van der Waals surface area contributed by atoms with E-state index in [1.165, 1.54) is 16.2 Å². The number of benzene rings is 2. The highest BCUT2D eigenvalue weighted by Gasteiger charge is 2.23. The molecule has 0 radical (unpaired) electrons. The third-order valence-electron chi connectivity index (χ3n) is 5.13. The molecule has 3 aromatic rings. The number of carbonyl (C=O) groups is 1. The summed E-state index contributed by atoms with van der Waals surface area (Å²) in [6.45, 7) is 6.07. The zero-order valence-electron chi connectivity index (χ0n) is 17.1. The number of aromatic nitrogens is 1. The average Bonchev–Trinajstić information content (AvgIpc) is 2.76. The van der Waals surface area contributed by atoms with Gasteiger partial charge in [0.05, 0.1) is 25.0 Å². The Morgan fingerprint density at radius 1 is 1.10 bits per heavy atom. The molecule has 4 rings (SSSR count). The van der Waals surface area contributed by atoms with Crippen LogP contribution in [0.4, 0.5) is 22.0 Å². The third-order valence-corrected chi connectivity index (χ3v) is 5.66. The lowest BCUT2D eigenvalue weighted by molar-refractivity contribution is -0.836. The highest BCUT2D eigenvalue weighted by Crippen LogP contribution is 2.18. The Kier molecular flexibility index (Phi) is 7.90. The Morgan fingerprint density at radius 3 is 2.48 bits per heavy atom. The first-order valence-corrected chi connectivity index (χ1v) is 10.7. The second-order valence-corrected chi connectivity index (χ2v) is 8.25. The number of pyridine rings is 1. The van der Waals surface area contributed by atoms with Gasteiger partial charge in [-0.25, -0.2) is 9.78 Å². The fourth-order valence-corrected chi connectivity index (χ4v) is 3.81. The predicted molar refractivity (Wildman–Crippen MR) is 122 cm³/mol. The van der Waals surface area contributed by atoms with Crippen molar-refractivity contribution in [3.8, 4) is 5.75 Å². The van der Waals surface area contributed by atoms with E-state index in [0.29, 0.717) is 11.4 Å². The minimum atomic E-state index is -0.536. The molecule has 1 aromatic heterocycles. The maximum atomic E-state index is 12.1. The van der Waals surface area contributed by atoms with E-state index < -0.39 is 6.09 Å². The van der Waals surface area contributed by atoms with Crippen molar-refractivity contribution in [2.45, 2.75) is 6.92 Å². The molecule has 0 saturated carbocycles. The maximum absolute atomic E-state index is 12.1.